The van der Waals surface area contributed by atoms with Crippen LogP contribution in [0.4, 0.5) is 0 Å². The van der Waals surface area contributed by atoms with E-state index < -0.39 is 0 Å². The zero-order valence-electron chi connectivity index (χ0n) is 15.4. The molecular formula is C25H22N2. The molecule has 4 aromatic carbocycles. The monoisotopic (exact) mass is 350 g/mol. The maximum Gasteiger partial charge on any atom is 0.0757 e. The summed E-state index contributed by atoms with van der Waals surface area (Å²) >= 11 is 0. The summed E-state index contributed by atoms with van der Waals surface area (Å²) in [5, 5.41) is 8.16. The summed E-state index contributed by atoms with van der Waals surface area (Å²) in [5.41, 5.74) is 2.71. The summed E-state index contributed by atoms with van der Waals surface area (Å²) in [7, 11) is 0. The van der Waals surface area contributed by atoms with Crippen molar-refractivity contribution in [1.82, 2.24) is 9.47 Å². The Morgan fingerprint density at radius 3 is 1.67 bits per heavy atom. The van der Waals surface area contributed by atoms with Gasteiger partial charge in [-0.05, 0) is 59.6 Å². The first-order valence-electron chi connectivity index (χ1n) is 9.94. The Balaban J connectivity index is 1.80. The Morgan fingerprint density at radius 1 is 0.593 bits per heavy atom. The molecule has 0 aliphatic carbocycles. The van der Waals surface area contributed by atoms with Gasteiger partial charge in [-0.2, -0.15) is 0 Å². The lowest BCUT2D eigenvalue weighted by Gasteiger charge is -2.17. The van der Waals surface area contributed by atoms with Gasteiger partial charge in [-0.25, -0.2) is 0 Å². The minimum atomic E-state index is 0.983. The highest BCUT2D eigenvalue weighted by atomic mass is 15.3. The summed E-state index contributed by atoms with van der Waals surface area (Å²) in [5.74, 6) is 0. The molecule has 1 saturated heterocycles. The van der Waals surface area contributed by atoms with Gasteiger partial charge in [0, 0.05) is 10.8 Å². The highest BCUT2D eigenvalue weighted by Crippen LogP contribution is 2.39. The average molecular weight is 350 g/mol. The second-order valence-corrected chi connectivity index (χ2v) is 7.76. The van der Waals surface area contributed by atoms with Crippen LogP contribution >= 0.6 is 0 Å². The predicted molar refractivity (Wildman–Crippen MR) is 115 cm³/mol. The van der Waals surface area contributed by atoms with Crippen LogP contribution in [-0.4, -0.2) is 22.6 Å². The number of nitrogens with zero attached hydrogens (tertiary/aromatic N) is 2. The van der Waals surface area contributed by atoms with E-state index in [-0.39, 0.29) is 0 Å². The Hall–Kier alpha value is -2.84. The highest BCUT2D eigenvalue weighted by Gasteiger charge is 2.18. The fourth-order valence-corrected chi connectivity index (χ4v) is 4.90. The Bertz CT molecular complexity index is 1210. The van der Waals surface area contributed by atoms with Gasteiger partial charge in [-0.1, -0.05) is 60.7 Å². The molecule has 0 bridgehead atoms. The quantitative estimate of drug-likeness (QED) is 0.370. The van der Waals surface area contributed by atoms with Gasteiger partial charge < -0.3 is 4.57 Å². The summed E-state index contributed by atoms with van der Waals surface area (Å²) in [6.45, 7) is 3.40. The van der Waals surface area contributed by atoms with Crippen molar-refractivity contribution in [3.8, 4) is 0 Å². The van der Waals surface area contributed by atoms with Crippen molar-refractivity contribution in [2.45, 2.75) is 19.5 Å². The number of aromatic nitrogens is 1. The molecule has 27 heavy (non-hydrogen) atoms. The number of benzene rings is 4. The van der Waals surface area contributed by atoms with E-state index >= 15 is 0 Å². The van der Waals surface area contributed by atoms with E-state index in [0.717, 1.165) is 6.67 Å². The van der Waals surface area contributed by atoms with Crippen LogP contribution in [0.1, 0.15) is 12.8 Å². The molecule has 0 amide bonds. The summed E-state index contributed by atoms with van der Waals surface area (Å²) < 4.78 is 2.54. The third-order valence-corrected chi connectivity index (χ3v) is 6.19. The number of fused-ring (bicyclic) bond motifs is 7. The molecule has 1 aliphatic heterocycles. The van der Waals surface area contributed by atoms with E-state index in [1.165, 1.54) is 69.3 Å². The summed E-state index contributed by atoms with van der Waals surface area (Å²) in [6.07, 6.45) is 2.64. The lowest BCUT2D eigenvalue weighted by molar-refractivity contribution is 0.279. The first-order chi connectivity index (χ1) is 13.4. The van der Waals surface area contributed by atoms with Crippen molar-refractivity contribution in [3.05, 3.63) is 72.8 Å². The fourth-order valence-electron chi connectivity index (χ4n) is 4.90. The Kier molecular flexibility index (Phi) is 3.29. The van der Waals surface area contributed by atoms with Gasteiger partial charge >= 0.3 is 0 Å². The summed E-state index contributed by atoms with van der Waals surface area (Å²) in [6, 6.07) is 26.8. The first-order valence-corrected chi connectivity index (χ1v) is 9.94. The number of rotatable bonds is 2. The van der Waals surface area contributed by atoms with Gasteiger partial charge in [-0.15, -0.1) is 0 Å². The van der Waals surface area contributed by atoms with E-state index in [0.29, 0.717) is 0 Å². The number of hydrogen-bond donors (Lipinski definition) is 0. The van der Waals surface area contributed by atoms with Gasteiger partial charge in [0.15, 0.2) is 0 Å². The molecule has 0 radical (unpaired) electrons. The molecule has 1 aliphatic rings. The Labute approximate surface area is 158 Å². The van der Waals surface area contributed by atoms with Crippen LogP contribution < -0.4 is 0 Å². The standard InChI is InChI=1S/C25H22N2/c1-3-9-20-18(7-1)11-13-22-24(20)25-21-10-4-2-8-19(21)12-14-23(25)27(22)17-26-15-5-6-16-26/h1-4,7-14H,5-6,15-17H2. The minimum absolute atomic E-state index is 0.983. The van der Waals surface area contributed by atoms with Gasteiger partial charge in [0.2, 0.25) is 0 Å². The van der Waals surface area contributed by atoms with Crippen LogP contribution in [0, 0.1) is 0 Å². The van der Waals surface area contributed by atoms with Crippen molar-refractivity contribution in [3.63, 3.8) is 0 Å². The molecule has 5 aromatic rings. The largest absolute Gasteiger partial charge is 0.327 e. The predicted octanol–water partition coefficient (Wildman–Crippen LogP) is 6.15. The van der Waals surface area contributed by atoms with Gasteiger partial charge in [0.25, 0.3) is 0 Å². The van der Waals surface area contributed by atoms with Crippen molar-refractivity contribution < 1.29 is 0 Å². The highest BCUT2D eigenvalue weighted by molar-refractivity contribution is 6.27. The van der Waals surface area contributed by atoms with E-state index in [2.05, 4.69) is 82.3 Å². The lowest BCUT2D eigenvalue weighted by Crippen LogP contribution is -2.22. The smallest absolute Gasteiger partial charge is 0.0757 e. The zero-order valence-corrected chi connectivity index (χ0v) is 15.4. The zero-order chi connectivity index (χ0) is 17.8. The van der Waals surface area contributed by atoms with E-state index in [4.69, 9.17) is 0 Å². The third kappa shape index (κ3) is 2.23. The third-order valence-electron chi connectivity index (χ3n) is 6.19. The Morgan fingerprint density at radius 2 is 1.11 bits per heavy atom. The summed E-state index contributed by atoms with van der Waals surface area (Å²) in [4.78, 5) is 2.59. The molecule has 0 saturated carbocycles. The van der Waals surface area contributed by atoms with Gasteiger partial charge in [0.05, 0.1) is 17.7 Å². The molecule has 0 spiro atoms. The molecule has 1 fully saturated rings. The van der Waals surface area contributed by atoms with E-state index in [9.17, 15) is 0 Å². The van der Waals surface area contributed by atoms with Crippen molar-refractivity contribution >= 4 is 43.4 Å². The van der Waals surface area contributed by atoms with Crippen LogP contribution in [0.15, 0.2) is 72.8 Å². The normalized spacial score (nSPS) is 15.6. The van der Waals surface area contributed by atoms with Gasteiger partial charge in [-0.3, -0.25) is 4.90 Å². The maximum atomic E-state index is 2.59. The average Bonchev–Trinajstić information content (AvgIpc) is 3.35. The van der Waals surface area contributed by atoms with Crippen molar-refractivity contribution in [1.29, 1.82) is 0 Å². The molecule has 2 heterocycles. The number of likely N-dealkylation sites (tertiary alicyclic amines) is 1. The molecule has 0 atom stereocenters. The van der Waals surface area contributed by atoms with Crippen LogP contribution in [0.25, 0.3) is 43.4 Å². The molecule has 1 aromatic heterocycles. The molecule has 132 valence electrons. The minimum Gasteiger partial charge on any atom is -0.327 e. The second-order valence-electron chi connectivity index (χ2n) is 7.76. The molecular weight excluding hydrogens is 328 g/mol. The van der Waals surface area contributed by atoms with Gasteiger partial charge in [0.1, 0.15) is 0 Å². The molecule has 2 nitrogen and oxygen atoms in total. The second kappa shape index (κ2) is 5.83. The molecule has 6 rings (SSSR count). The van der Waals surface area contributed by atoms with Crippen molar-refractivity contribution in [2.24, 2.45) is 0 Å². The lowest BCUT2D eigenvalue weighted by atomic mass is 10.00. The van der Waals surface area contributed by atoms with Crippen LogP contribution in [0.3, 0.4) is 0 Å². The van der Waals surface area contributed by atoms with Crippen molar-refractivity contribution in [2.75, 3.05) is 13.1 Å². The SMILES string of the molecule is c1ccc2c(c1)ccc1c2c2c3ccccc3ccc2n1CN1CCCC1. The molecule has 2 heteroatoms. The van der Waals surface area contributed by atoms with E-state index in [1.54, 1.807) is 0 Å². The van der Waals surface area contributed by atoms with Crippen LogP contribution in [-0.2, 0) is 6.67 Å². The topological polar surface area (TPSA) is 8.17 Å². The number of hydrogen-bond acceptors (Lipinski definition) is 1. The maximum absolute atomic E-state index is 2.59. The van der Waals surface area contributed by atoms with E-state index in [1.807, 2.05) is 0 Å². The van der Waals surface area contributed by atoms with Crippen LogP contribution in [0.2, 0.25) is 0 Å². The first kappa shape index (κ1) is 15.2. The fraction of sp³-hybridized carbons (Fsp3) is 0.200. The molecule has 0 unspecified atom stereocenters. The van der Waals surface area contributed by atoms with Crippen LogP contribution in [0.5, 0.6) is 0 Å². The molecule has 0 N–H and O–H groups in total.